The first-order chi connectivity index (χ1) is 10.6. The molecule has 0 aromatic heterocycles. The zero-order valence-corrected chi connectivity index (χ0v) is 13.3. The first-order valence-electron chi connectivity index (χ1n) is 7.30. The number of rotatable bonds is 7. The van der Waals surface area contributed by atoms with Gasteiger partial charge in [-0.2, -0.15) is 0 Å². The molecule has 0 atom stereocenters. The Morgan fingerprint density at radius 2 is 1.73 bits per heavy atom. The predicted molar refractivity (Wildman–Crippen MR) is 86.1 cm³/mol. The standard InChI is InChI=1S/C18H22FNO2/c1-13-4-6-17(21-2)15(10-13)8-9-20-12-14-5-7-18(22-3)16(19)11-14/h4-7,10-11,20H,8-9,12H2,1-3H3. The van der Waals surface area contributed by atoms with Crippen molar-refractivity contribution in [2.45, 2.75) is 19.9 Å². The molecule has 0 saturated carbocycles. The van der Waals surface area contributed by atoms with Crippen molar-refractivity contribution in [3.63, 3.8) is 0 Å². The Bertz CT molecular complexity index is 628. The average molecular weight is 303 g/mol. The Kier molecular flexibility index (Phi) is 5.78. The third kappa shape index (κ3) is 4.21. The Labute approximate surface area is 131 Å². The van der Waals surface area contributed by atoms with Crippen molar-refractivity contribution in [1.29, 1.82) is 0 Å². The molecule has 0 radical (unpaired) electrons. The molecule has 0 aliphatic carbocycles. The fourth-order valence-electron chi connectivity index (χ4n) is 2.38. The van der Waals surface area contributed by atoms with Crippen LogP contribution in [0.2, 0.25) is 0 Å². The highest BCUT2D eigenvalue weighted by molar-refractivity contribution is 5.37. The summed E-state index contributed by atoms with van der Waals surface area (Å²) in [6.45, 7) is 3.49. The minimum atomic E-state index is -0.331. The van der Waals surface area contributed by atoms with Crippen molar-refractivity contribution in [3.05, 3.63) is 58.9 Å². The summed E-state index contributed by atoms with van der Waals surface area (Å²) in [6.07, 6.45) is 0.865. The Balaban J connectivity index is 1.87. The molecule has 0 amide bonds. The van der Waals surface area contributed by atoms with Crippen LogP contribution in [0.3, 0.4) is 0 Å². The number of halogens is 1. The smallest absolute Gasteiger partial charge is 0.165 e. The molecule has 0 aliphatic rings. The van der Waals surface area contributed by atoms with Gasteiger partial charge in [0.05, 0.1) is 14.2 Å². The summed E-state index contributed by atoms with van der Waals surface area (Å²) in [7, 11) is 3.15. The molecule has 2 rings (SSSR count). The first kappa shape index (κ1) is 16.3. The first-order valence-corrected chi connectivity index (χ1v) is 7.30. The van der Waals surface area contributed by atoms with Gasteiger partial charge in [-0.3, -0.25) is 0 Å². The van der Waals surface area contributed by atoms with Gasteiger partial charge in [0.15, 0.2) is 11.6 Å². The van der Waals surface area contributed by atoms with Gasteiger partial charge in [-0.15, -0.1) is 0 Å². The van der Waals surface area contributed by atoms with Gasteiger partial charge in [0.25, 0.3) is 0 Å². The van der Waals surface area contributed by atoms with E-state index in [1.165, 1.54) is 24.3 Å². The van der Waals surface area contributed by atoms with Crippen LogP contribution < -0.4 is 14.8 Å². The lowest BCUT2D eigenvalue weighted by atomic mass is 10.1. The third-order valence-corrected chi connectivity index (χ3v) is 3.55. The van der Waals surface area contributed by atoms with Crippen molar-refractivity contribution in [3.8, 4) is 11.5 Å². The average Bonchev–Trinajstić information content (AvgIpc) is 2.52. The topological polar surface area (TPSA) is 30.5 Å². The van der Waals surface area contributed by atoms with E-state index in [0.29, 0.717) is 6.54 Å². The van der Waals surface area contributed by atoms with Crippen LogP contribution in [0, 0.1) is 12.7 Å². The van der Waals surface area contributed by atoms with Crippen molar-refractivity contribution in [2.75, 3.05) is 20.8 Å². The Morgan fingerprint density at radius 1 is 1.00 bits per heavy atom. The normalized spacial score (nSPS) is 10.5. The fourth-order valence-corrected chi connectivity index (χ4v) is 2.38. The van der Waals surface area contributed by atoms with E-state index in [9.17, 15) is 4.39 Å². The van der Waals surface area contributed by atoms with Crippen LogP contribution in [0.5, 0.6) is 11.5 Å². The summed E-state index contributed by atoms with van der Waals surface area (Å²) < 4.78 is 23.9. The second-order valence-electron chi connectivity index (χ2n) is 5.21. The van der Waals surface area contributed by atoms with E-state index in [2.05, 4.69) is 18.3 Å². The highest BCUT2D eigenvalue weighted by Gasteiger charge is 2.05. The third-order valence-electron chi connectivity index (χ3n) is 3.55. The van der Waals surface area contributed by atoms with Gasteiger partial charge in [0.1, 0.15) is 5.75 Å². The largest absolute Gasteiger partial charge is 0.496 e. The molecule has 3 nitrogen and oxygen atoms in total. The molecular formula is C18H22FNO2. The van der Waals surface area contributed by atoms with Crippen LogP contribution in [-0.4, -0.2) is 20.8 Å². The highest BCUT2D eigenvalue weighted by Crippen LogP contribution is 2.20. The molecule has 0 bridgehead atoms. The molecule has 0 unspecified atom stereocenters. The molecule has 2 aromatic carbocycles. The van der Waals surface area contributed by atoms with Gasteiger partial charge < -0.3 is 14.8 Å². The maximum atomic E-state index is 13.6. The predicted octanol–water partition coefficient (Wildman–Crippen LogP) is 3.48. The summed E-state index contributed by atoms with van der Waals surface area (Å²) in [5, 5.41) is 3.32. The van der Waals surface area contributed by atoms with E-state index < -0.39 is 0 Å². The van der Waals surface area contributed by atoms with Crippen LogP contribution in [0.25, 0.3) is 0 Å². The number of hydrogen-bond donors (Lipinski definition) is 1. The van der Waals surface area contributed by atoms with Gasteiger partial charge in [-0.05, 0) is 49.2 Å². The molecule has 2 aromatic rings. The number of nitrogens with one attached hydrogen (secondary N) is 1. The van der Waals surface area contributed by atoms with E-state index in [0.717, 1.165) is 24.3 Å². The molecule has 22 heavy (non-hydrogen) atoms. The molecule has 4 heteroatoms. The van der Waals surface area contributed by atoms with Crippen molar-refractivity contribution < 1.29 is 13.9 Å². The quantitative estimate of drug-likeness (QED) is 0.794. The van der Waals surface area contributed by atoms with Gasteiger partial charge in [-0.25, -0.2) is 4.39 Å². The maximum Gasteiger partial charge on any atom is 0.165 e. The molecule has 118 valence electrons. The molecule has 0 saturated heterocycles. The van der Waals surface area contributed by atoms with Crippen LogP contribution in [-0.2, 0) is 13.0 Å². The molecule has 0 fully saturated rings. The summed E-state index contributed by atoms with van der Waals surface area (Å²) in [5.74, 6) is 0.846. The number of hydrogen-bond acceptors (Lipinski definition) is 3. The summed E-state index contributed by atoms with van der Waals surface area (Å²) in [4.78, 5) is 0. The number of aryl methyl sites for hydroxylation is 1. The highest BCUT2D eigenvalue weighted by atomic mass is 19.1. The summed E-state index contributed by atoms with van der Waals surface area (Å²) in [5.41, 5.74) is 3.29. The monoisotopic (exact) mass is 303 g/mol. The lowest BCUT2D eigenvalue weighted by Gasteiger charge is -2.11. The van der Waals surface area contributed by atoms with Gasteiger partial charge in [0, 0.05) is 6.54 Å². The Morgan fingerprint density at radius 3 is 2.41 bits per heavy atom. The van der Waals surface area contributed by atoms with Crippen molar-refractivity contribution in [2.24, 2.45) is 0 Å². The van der Waals surface area contributed by atoms with E-state index in [-0.39, 0.29) is 11.6 Å². The lowest BCUT2D eigenvalue weighted by Crippen LogP contribution is -2.17. The Hall–Kier alpha value is -2.07. The fraction of sp³-hybridized carbons (Fsp3) is 0.333. The SMILES string of the molecule is COc1ccc(CNCCc2cc(C)ccc2OC)cc1F. The lowest BCUT2D eigenvalue weighted by molar-refractivity contribution is 0.386. The van der Waals surface area contributed by atoms with Crippen LogP contribution in [0.15, 0.2) is 36.4 Å². The molecule has 1 N–H and O–H groups in total. The summed E-state index contributed by atoms with van der Waals surface area (Å²) >= 11 is 0. The zero-order valence-electron chi connectivity index (χ0n) is 13.3. The number of methoxy groups -OCH3 is 2. The molecule has 0 spiro atoms. The number of benzene rings is 2. The second-order valence-corrected chi connectivity index (χ2v) is 5.21. The molecule has 0 heterocycles. The minimum absolute atomic E-state index is 0.272. The van der Waals surface area contributed by atoms with Crippen molar-refractivity contribution >= 4 is 0 Å². The molecule has 0 aliphatic heterocycles. The second kappa shape index (κ2) is 7.80. The van der Waals surface area contributed by atoms with Crippen LogP contribution >= 0.6 is 0 Å². The maximum absolute atomic E-state index is 13.6. The zero-order chi connectivity index (χ0) is 15.9. The van der Waals surface area contributed by atoms with Gasteiger partial charge in [0.2, 0.25) is 0 Å². The van der Waals surface area contributed by atoms with E-state index in [1.807, 2.05) is 18.2 Å². The van der Waals surface area contributed by atoms with E-state index in [4.69, 9.17) is 9.47 Å². The van der Waals surface area contributed by atoms with Gasteiger partial charge >= 0.3 is 0 Å². The minimum Gasteiger partial charge on any atom is -0.496 e. The molecular weight excluding hydrogens is 281 g/mol. The number of ether oxygens (including phenoxy) is 2. The van der Waals surface area contributed by atoms with Crippen LogP contribution in [0.1, 0.15) is 16.7 Å². The summed E-state index contributed by atoms with van der Waals surface area (Å²) in [6, 6.07) is 11.2. The van der Waals surface area contributed by atoms with E-state index >= 15 is 0 Å². The van der Waals surface area contributed by atoms with Crippen LogP contribution in [0.4, 0.5) is 4.39 Å². The van der Waals surface area contributed by atoms with Gasteiger partial charge in [-0.1, -0.05) is 23.8 Å². The van der Waals surface area contributed by atoms with Crippen molar-refractivity contribution in [1.82, 2.24) is 5.32 Å². The van der Waals surface area contributed by atoms with E-state index in [1.54, 1.807) is 13.2 Å².